The van der Waals surface area contributed by atoms with Crippen molar-refractivity contribution in [1.29, 1.82) is 0 Å². The van der Waals surface area contributed by atoms with E-state index in [4.69, 9.17) is 16.0 Å². The normalized spacial score (nSPS) is 25.4. The van der Waals surface area contributed by atoms with Crippen LogP contribution in [0.3, 0.4) is 0 Å². The maximum atomic E-state index is 12.9. The molecule has 0 N–H and O–H groups in total. The van der Waals surface area contributed by atoms with Gasteiger partial charge in [-0.1, -0.05) is 40.9 Å². The number of hydrogen-bond donors (Lipinski definition) is 0. The highest BCUT2D eigenvalue weighted by Crippen LogP contribution is 2.38. The summed E-state index contributed by atoms with van der Waals surface area (Å²) in [6.45, 7) is 6.38. The van der Waals surface area contributed by atoms with E-state index in [1.807, 2.05) is 6.92 Å². The van der Waals surface area contributed by atoms with Gasteiger partial charge < -0.3 is 9.57 Å². The van der Waals surface area contributed by atoms with E-state index in [1.54, 1.807) is 0 Å². The summed E-state index contributed by atoms with van der Waals surface area (Å²) in [4.78, 5) is 20.7. The fourth-order valence-electron chi connectivity index (χ4n) is 4.08. The van der Waals surface area contributed by atoms with Crippen molar-refractivity contribution < 1.29 is 14.4 Å². The molecular weight excluding hydrogens is 340 g/mol. The van der Waals surface area contributed by atoms with Crippen LogP contribution in [0.15, 0.2) is 29.4 Å². The second kappa shape index (κ2) is 8.58. The number of aryl methyl sites for hydroxylation is 1. The zero-order chi connectivity index (χ0) is 19.3. The van der Waals surface area contributed by atoms with E-state index in [9.17, 15) is 4.79 Å². The molecule has 2 atom stereocenters. The minimum absolute atomic E-state index is 0.114. The molecule has 2 aliphatic rings. The van der Waals surface area contributed by atoms with Gasteiger partial charge in [0, 0.05) is 19.4 Å². The Labute approximate surface area is 161 Å². The lowest BCUT2D eigenvalue weighted by atomic mass is 9.74. The molecule has 0 aliphatic carbocycles. The molecule has 1 aromatic carbocycles. The van der Waals surface area contributed by atoms with Crippen LogP contribution in [0.2, 0.25) is 0 Å². The van der Waals surface area contributed by atoms with Crippen LogP contribution in [-0.2, 0) is 14.4 Å². The summed E-state index contributed by atoms with van der Waals surface area (Å²) in [6.07, 6.45) is 8.41. The summed E-state index contributed by atoms with van der Waals surface area (Å²) in [6, 6.07) is 8.28. The van der Waals surface area contributed by atoms with Crippen LogP contribution in [0.1, 0.15) is 43.7 Å². The van der Waals surface area contributed by atoms with E-state index >= 15 is 0 Å². The molecule has 0 radical (unpaired) electrons. The Kier molecular flexibility index (Phi) is 6.18. The number of piperidine rings is 1. The third-order valence-electron chi connectivity index (χ3n) is 5.42. The molecule has 3 rings (SSSR count). The van der Waals surface area contributed by atoms with Gasteiger partial charge in [0.25, 0.3) is 0 Å². The predicted molar refractivity (Wildman–Crippen MR) is 105 cm³/mol. The van der Waals surface area contributed by atoms with E-state index < -0.39 is 5.41 Å². The lowest BCUT2D eigenvalue weighted by Crippen LogP contribution is -2.50. The van der Waals surface area contributed by atoms with E-state index in [2.05, 4.69) is 47.2 Å². The highest BCUT2D eigenvalue weighted by Gasteiger charge is 2.46. The number of esters is 1. The number of benzene rings is 1. The highest BCUT2D eigenvalue weighted by molar-refractivity contribution is 6.01. The summed E-state index contributed by atoms with van der Waals surface area (Å²) >= 11 is 0. The van der Waals surface area contributed by atoms with Crippen molar-refractivity contribution in [3.63, 3.8) is 0 Å². The van der Waals surface area contributed by atoms with Gasteiger partial charge >= 0.3 is 5.97 Å². The summed E-state index contributed by atoms with van der Waals surface area (Å²) in [5.74, 6) is 2.55. The molecule has 144 valence electrons. The molecule has 1 fully saturated rings. The average molecular weight is 368 g/mol. The maximum Gasteiger partial charge on any atom is 0.313 e. The predicted octanol–water partition coefficient (Wildman–Crippen LogP) is 3.16. The van der Waals surface area contributed by atoms with E-state index in [0.29, 0.717) is 32.5 Å². The first-order chi connectivity index (χ1) is 13.1. The fraction of sp³-hybridized carbons (Fsp3) is 0.545. The number of terminal acetylenes is 1. The van der Waals surface area contributed by atoms with Gasteiger partial charge in [0.15, 0.2) is 0 Å². The third-order valence-corrected chi connectivity index (χ3v) is 5.42. The summed E-state index contributed by atoms with van der Waals surface area (Å²) < 4.78 is 5.44. The molecule has 0 bridgehead atoms. The molecule has 5 heteroatoms. The number of likely N-dealkylation sites (tertiary alicyclic amines) is 1. The molecule has 1 saturated heterocycles. The number of hydrogen-bond acceptors (Lipinski definition) is 5. The summed E-state index contributed by atoms with van der Waals surface area (Å²) in [7, 11) is 0. The van der Waals surface area contributed by atoms with Crippen LogP contribution in [-0.4, -0.2) is 48.9 Å². The molecule has 2 aliphatic heterocycles. The van der Waals surface area contributed by atoms with Gasteiger partial charge in [-0.2, -0.15) is 0 Å². The standard InChI is InChI=1S/C22H28N2O3/c1-4-12-24-13-6-11-22(16-24,21(25)26-5-2)15-19-14-20(23-27-19)18-9-7-17(3)8-10-18/h1,7-10,19H,5-6,11-16H2,2-3H3/t19-,22+/m1/s1. The molecule has 2 heterocycles. The quantitative estimate of drug-likeness (QED) is 0.572. The zero-order valence-corrected chi connectivity index (χ0v) is 16.2. The van der Waals surface area contributed by atoms with Crippen molar-refractivity contribution in [2.45, 2.75) is 45.6 Å². The number of carbonyl (C=O) groups is 1. The number of oxime groups is 1. The first-order valence-corrected chi connectivity index (χ1v) is 9.69. The number of nitrogens with zero attached hydrogens (tertiary/aromatic N) is 2. The molecule has 27 heavy (non-hydrogen) atoms. The molecule has 0 amide bonds. The van der Waals surface area contributed by atoms with Gasteiger partial charge in [0.1, 0.15) is 6.10 Å². The number of carbonyl (C=O) groups excluding carboxylic acids is 1. The van der Waals surface area contributed by atoms with Crippen LogP contribution in [0.4, 0.5) is 0 Å². The SMILES string of the molecule is C#CCN1CCC[C@@](C[C@H]2CC(c3ccc(C)cc3)=NO2)(C(=O)OCC)C1. The Morgan fingerprint density at radius 1 is 1.44 bits per heavy atom. The van der Waals surface area contributed by atoms with E-state index in [-0.39, 0.29) is 12.1 Å². The molecule has 5 nitrogen and oxygen atoms in total. The van der Waals surface area contributed by atoms with Gasteiger partial charge in [-0.15, -0.1) is 6.42 Å². The van der Waals surface area contributed by atoms with E-state index in [0.717, 1.165) is 30.7 Å². The second-order valence-electron chi connectivity index (χ2n) is 7.56. The third kappa shape index (κ3) is 4.51. The Morgan fingerprint density at radius 2 is 2.22 bits per heavy atom. The Morgan fingerprint density at radius 3 is 2.93 bits per heavy atom. The minimum atomic E-state index is -0.575. The largest absolute Gasteiger partial charge is 0.466 e. The Balaban J connectivity index is 1.71. The number of rotatable bonds is 6. The number of ether oxygens (including phenoxy) is 1. The second-order valence-corrected chi connectivity index (χ2v) is 7.56. The van der Waals surface area contributed by atoms with Crippen LogP contribution in [0, 0.1) is 24.7 Å². The van der Waals surface area contributed by atoms with Crippen molar-refractivity contribution in [2.24, 2.45) is 10.6 Å². The lowest BCUT2D eigenvalue weighted by Gasteiger charge is -2.41. The van der Waals surface area contributed by atoms with E-state index in [1.165, 1.54) is 5.56 Å². The van der Waals surface area contributed by atoms with Crippen LogP contribution < -0.4 is 0 Å². The van der Waals surface area contributed by atoms with Gasteiger partial charge in [0.2, 0.25) is 0 Å². The van der Waals surface area contributed by atoms with Crippen molar-refractivity contribution in [3.05, 3.63) is 35.4 Å². The molecular formula is C22H28N2O3. The van der Waals surface area contributed by atoms with Gasteiger partial charge in [-0.3, -0.25) is 9.69 Å². The van der Waals surface area contributed by atoms with Crippen LogP contribution in [0.25, 0.3) is 0 Å². The first kappa shape index (κ1) is 19.4. The molecule has 0 spiro atoms. The molecule has 0 unspecified atom stereocenters. The summed E-state index contributed by atoms with van der Waals surface area (Å²) in [5, 5.41) is 4.29. The molecule has 0 aromatic heterocycles. The van der Waals surface area contributed by atoms with Crippen molar-refractivity contribution in [3.8, 4) is 12.3 Å². The Bertz CT molecular complexity index is 735. The smallest absolute Gasteiger partial charge is 0.313 e. The molecule has 1 aromatic rings. The van der Waals surface area contributed by atoms with Crippen molar-refractivity contribution in [1.82, 2.24) is 4.90 Å². The monoisotopic (exact) mass is 368 g/mol. The van der Waals surface area contributed by atoms with Gasteiger partial charge in [-0.05, 0) is 38.8 Å². The minimum Gasteiger partial charge on any atom is -0.466 e. The Hall–Kier alpha value is -2.32. The molecule has 0 saturated carbocycles. The van der Waals surface area contributed by atoms with Crippen molar-refractivity contribution in [2.75, 3.05) is 26.2 Å². The van der Waals surface area contributed by atoms with Crippen LogP contribution >= 0.6 is 0 Å². The average Bonchev–Trinajstić information content (AvgIpc) is 3.11. The topological polar surface area (TPSA) is 51.1 Å². The fourth-order valence-corrected chi connectivity index (χ4v) is 4.08. The van der Waals surface area contributed by atoms with Gasteiger partial charge in [-0.25, -0.2) is 0 Å². The lowest BCUT2D eigenvalue weighted by molar-refractivity contribution is -0.162. The zero-order valence-electron chi connectivity index (χ0n) is 16.2. The van der Waals surface area contributed by atoms with Crippen molar-refractivity contribution >= 4 is 11.7 Å². The first-order valence-electron chi connectivity index (χ1n) is 9.69. The highest BCUT2D eigenvalue weighted by atomic mass is 16.6. The summed E-state index contributed by atoms with van der Waals surface area (Å²) in [5.41, 5.74) is 2.65. The maximum absolute atomic E-state index is 12.9. The van der Waals surface area contributed by atoms with Gasteiger partial charge in [0.05, 0.1) is 24.3 Å². The van der Waals surface area contributed by atoms with Crippen LogP contribution in [0.5, 0.6) is 0 Å².